The number of hydrogen-bond donors (Lipinski definition) is 1. The molecule has 3 aromatic rings. The van der Waals surface area contributed by atoms with Crippen LogP contribution in [0.5, 0.6) is 23.0 Å². The summed E-state index contributed by atoms with van der Waals surface area (Å²) in [6.07, 6.45) is -4.82. The molecule has 1 N–H and O–H groups in total. The molecular formula is C25H18F3NO6. The summed E-state index contributed by atoms with van der Waals surface area (Å²) in [5.41, 5.74) is -3.53. The predicted octanol–water partition coefficient (Wildman–Crippen LogP) is 5.26. The summed E-state index contributed by atoms with van der Waals surface area (Å²) in [5, 5.41) is 19.3. The molecule has 7 nitrogen and oxygen atoms in total. The number of ether oxygens (including phenoxy) is 4. The first kappa shape index (κ1) is 23.8. The Morgan fingerprint density at radius 3 is 2.46 bits per heavy atom. The minimum Gasteiger partial charge on any atom is -0.489 e. The first-order valence-corrected chi connectivity index (χ1v) is 10.3. The van der Waals surface area contributed by atoms with Crippen molar-refractivity contribution in [2.24, 2.45) is 0 Å². The molecular weight excluding hydrogens is 467 g/mol. The highest BCUT2D eigenvalue weighted by Crippen LogP contribution is 2.40. The molecule has 0 bridgehead atoms. The van der Waals surface area contributed by atoms with Gasteiger partial charge in [-0.1, -0.05) is 24.3 Å². The topological polar surface area (TPSA) is 98.0 Å². The number of benzene rings is 3. The molecule has 180 valence electrons. The molecule has 0 amide bonds. The number of carboxylic acids is 1. The lowest BCUT2D eigenvalue weighted by atomic mass is 9.90. The summed E-state index contributed by atoms with van der Waals surface area (Å²) in [6.45, 7) is 1.21. The van der Waals surface area contributed by atoms with Crippen LogP contribution >= 0.6 is 0 Å². The van der Waals surface area contributed by atoms with Crippen molar-refractivity contribution in [1.82, 2.24) is 0 Å². The summed E-state index contributed by atoms with van der Waals surface area (Å²) < 4.78 is 62.7. The first-order chi connectivity index (χ1) is 16.6. The molecule has 1 heterocycles. The smallest absolute Gasteiger partial charge is 0.416 e. The van der Waals surface area contributed by atoms with Gasteiger partial charge >= 0.3 is 12.1 Å². The lowest BCUT2D eigenvalue weighted by Crippen LogP contribution is -2.40. The first-order valence-electron chi connectivity index (χ1n) is 10.3. The average molecular weight is 485 g/mol. The average Bonchev–Trinajstić information content (AvgIpc) is 3.30. The third-order valence-corrected chi connectivity index (χ3v) is 5.38. The zero-order valence-corrected chi connectivity index (χ0v) is 18.3. The van der Waals surface area contributed by atoms with Crippen molar-refractivity contribution < 1.29 is 42.0 Å². The van der Waals surface area contributed by atoms with Crippen LogP contribution in [0.2, 0.25) is 0 Å². The molecule has 0 saturated heterocycles. The Hall–Kier alpha value is -4.39. The summed E-state index contributed by atoms with van der Waals surface area (Å²) in [6, 6.07) is 15.4. The number of nitrogens with zero attached hydrogens (tertiary/aromatic N) is 1. The minimum atomic E-state index is -4.82. The van der Waals surface area contributed by atoms with Gasteiger partial charge < -0.3 is 24.1 Å². The Kier molecular flexibility index (Phi) is 6.18. The zero-order chi connectivity index (χ0) is 25.2. The number of carbonyl (C=O) groups is 1. The van der Waals surface area contributed by atoms with Gasteiger partial charge in [0.25, 0.3) is 0 Å². The van der Waals surface area contributed by atoms with E-state index in [1.54, 1.807) is 18.2 Å². The van der Waals surface area contributed by atoms with Crippen molar-refractivity contribution in [3.8, 4) is 29.1 Å². The Bertz CT molecular complexity index is 1320. The van der Waals surface area contributed by atoms with Crippen LogP contribution in [-0.2, 0) is 23.2 Å². The van der Waals surface area contributed by atoms with E-state index in [-0.39, 0.29) is 30.5 Å². The fourth-order valence-corrected chi connectivity index (χ4v) is 3.55. The van der Waals surface area contributed by atoms with Gasteiger partial charge in [-0.25, -0.2) is 4.79 Å². The molecule has 1 unspecified atom stereocenters. The number of aliphatic carboxylic acids is 1. The molecule has 0 aromatic heterocycles. The van der Waals surface area contributed by atoms with Gasteiger partial charge in [-0.15, -0.1) is 0 Å². The van der Waals surface area contributed by atoms with Crippen LogP contribution < -0.4 is 18.9 Å². The number of carboxylic acid groups (broad SMARTS) is 1. The van der Waals surface area contributed by atoms with Gasteiger partial charge in [0.15, 0.2) is 11.5 Å². The van der Waals surface area contributed by atoms with Crippen molar-refractivity contribution in [2.75, 3.05) is 6.79 Å². The van der Waals surface area contributed by atoms with Crippen molar-refractivity contribution >= 4 is 5.97 Å². The van der Waals surface area contributed by atoms with Gasteiger partial charge in [0.05, 0.1) is 11.1 Å². The highest BCUT2D eigenvalue weighted by molar-refractivity contribution is 5.80. The SMILES string of the molecule is CC(Oc1cc(OCc2ccc3c(c2)OCO3)ccc1C#N)(C(=O)O)c1ccccc1C(F)(F)F. The van der Waals surface area contributed by atoms with E-state index in [0.717, 1.165) is 30.7 Å². The van der Waals surface area contributed by atoms with E-state index >= 15 is 0 Å². The molecule has 3 aromatic carbocycles. The third-order valence-electron chi connectivity index (χ3n) is 5.38. The number of halogens is 3. The molecule has 35 heavy (non-hydrogen) atoms. The summed E-state index contributed by atoms with van der Waals surface area (Å²) in [7, 11) is 0. The molecule has 10 heteroatoms. The van der Waals surface area contributed by atoms with Crippen LogP contribution in [0.25, 0.3) is 0 Å². The van der Waals surface area contributed by atoms with Gasteiger partial charge in [0.2, 0.25) is 12.4 Å². The lowest BCUT2D eigenvalue weighted by molar-refractivity contribution is -0.157. The summed E-state index contributed by atoms with van der Waals surface area (Å²) in [5.74, 6) is -0.513. The second kappa shape index (κ2) is 9.10. The van der Waals surface area contributed by atoms with Gasteiger partial charge in [0, 0.05) is 11.6 Å². The quantitative estimate of drug-likeness (QED) is 0.487. The molecule has 1 aliphatic heterocycles. The fourth-order valence-electron chi connectivity index (χ4n) is 3.55. The second-order valence-electron chi connectivity index (χ2n) is 7.73. The molecule has 1 atom stereocenters. The van der Waals surface area contributed by atoms with Crippen LogP contribution in [0.4, 0.5) is 13.2 Å². The van der Waals surface area contributed by atoms with E-state index in [9.17, 15) is 28.3 Å². The van der Waals surface area contributed by atoms with E-state index < -0.39 is 28.9 Å². The largest absolute Gasteiger partial charge is 0.489 e. The maximum absolute atomic E-state index is 13.6. The van der Waals surface area contributed by atoms with Gasteiger partial charge in [-0.3, -0.25) is 0 Å². The van der Waals surface area contributed by atoms with Crippen molar-refractivity contribution in [3.63, 3.8) is 0 Å². The van der Waals surface area contributed by atoms with E-state index in [2.05, 4.69) is 0 Å². The zero-order valence-electron chi connectivity index (χ0n) is 18.3. The van der Waals surface area contributed by atoms with Crippen molar-refractivity contribution in [2.45, 2.75) is 25.3 Å². The van der Waals surface area contributed by atoms with Crippen LogP contribution in [0, 0.1) is 11.3 Å². The third kappa shape index (κ3) is 4.80. The highest BCUT2D eigenvalue weighted by atomic mass is 19.4. The number of rotatable bonds is 7. The number of nitriles is 1. The number of alkyl halides is 3. The number of hydrogen-bond acceptors (Lipinski definition) is 6. The Labute approximate surface area is 197 Å². The maximum Gasteiger partial charge on any atom is 0.416 e. The molecule has 0 fully saturated rings. The Morgan fingerprint density at radius 2 is 1.77 bits per heavy atom. The van der Waals surface area contributed by atoms with Gasteiger partial charge in [-0.2, -0.15) is 18.4 Å². The summed E-state index contributed by atoms with van der Waals surface area (Å²) in [4.78, 5) is 12.2. The van der Waals surface area contributed by atoms with Crippen LogP contribution in [0.1, 0.15) is 29.2 Å². The monoisotopic (exact) mass is 485 g/mol. The second-order valence-corrected chi connectivity index (χ2v) is 7.73. The van der Waals surface area contributed by atoms with Crippen molar-refractivity contribution in [3.05, 3.63) is 82.9 Å². The summed E-state index contributed by atoms with van der Waals surface area (Å²) >= 11 is 0. The van der Waals surface area contributed by atoms with E-state index in [4.69, 9.17) is 18.9 Å². The van der Waals surface area contributed by atoms with E-state index in [0.29, 0.717) is 11.5 Å². The normalized spacial score (nSPS) is 14.0. The Morgan fingerprint density at radius 1 is 1.06 bits per heavy atom. The molecule has 0 spiro atoms. The molecule has 0 radical (unpaired) electrons. The lowest BCUT2D eigenvalue weighted by Gasteiger charge is -2.29. The predicted molar refractivity (Wildman–Crippen MR) is 115 cm³/mol. The Balaban J connectivity index is 1.64. The fraction of sp³-hybridized carbons (Fsp3) is 0.200. The molecule has 1 aliphatic rings. The van der Waals surface area contributed by atoms with Crippen molar-refractivity contribution in [1.29, 1.82) is 5.26 Å². The number of fused-ring (bicyclic) bond motifs is 1. The minimum absolute atomic E-state index is 0.0719. The van der Waals surface area contributed by atoms with E-state index in [1.165, 1.54) is 24.3 Å². The van der Waals surface area contributed by atoms with Gasteiger partial charge in [-0.05, 0) is 42.8 Å². The maximum atomic E-state index is 13.6. The van der Waals surface area contributed by atoms with E-state index in [1.807, 2.05) is 6.07 Å². The molecule has 0 aliphatic carbocycles. The molecule has 0 saturated carbocycles. The van der Waals surface area contributed by atoms with Gasteiger partial charge in [0.1, 0.15) is 24.2 Å². The molecule has 4 rings (SSSR count). The standard InChI is InChI=1S/C25H18F3NO6/c1-24(23(30)31,18-4-2-3-5-19(18)25(26,27)28)35-21-11-17(8-7-16(21)12-29)32-13-15-6-9-20-22(10-15)34-14-33-20/h2-11H,13-14H2,1H3,(H,30,31). The highest BCUT2D eigenvalue weighted by Gasteiger charge is 2.45. The van der Waals surface area contributed by atoms with Crippen LogP contribution in [0.3, 0.4) is 0 Å². The van der Waals surface area contributed by atoms with Crippen LogP contribution in [0.15, 0.2) is 60.7 Å². The van der Waals surface area contributed by atoms with Crippen LogP contribution in [-0.4, -0.2) is 17.9 Å².